The smallest absolute Gasteiger partial charge is 0.335 e. The van der Waals surface area contributed by atoms with E-state index in [0.29, 0.717) is 60.4 Å². The van der Waals surface area contributed by atoms with Crippen molar-refractivity contribution < 1.29 is 23.8 Å². The average Bonchev–Trinajstić information content (AvgIpc) is 3.46. The summed E-state index contributed by atoms with van der Waals surface area (Å²) in [7, 11) is 0. The van der Waals surface area contributed by atoms with E-state index in [0.717, 1.165) is 9.86 Å². The highest BCUT2D eigenvalue weighted by atomic mass is 79.9. The third-order valence-corrected chi connectivity index (χ3v) is 9.41. The van der Waals surface area contributed by atoms with E-state index in [9.17, 15) is 14.7 Å². The first kappa shape index (κ1) is 30.8. The molecule has 0 bridgehead atoms. The van der Waals surface area contributed by atoms with E-state index >= 15 is 0 Å². The number of carboxylic acid groups (broad SMARTS) is 1. The van der Waals surface area contributed by atoms with Gasteiger partial charge in [0.05, 0.1) is 33.8 Å². The first-order chi connectivity index (χ1) is 21.7. The number of carbonyl (C=O) groups is 1. The molecule has 0 aliphatic rings. The van der Waals surface area contributed by atoms with Gasteiger partial charge in [0.15, 0.2) is 17.3 Å². The van der Waals surface area contributed by atoms with E-state index < -0.39 is 5.97 Å². The molecule has 0 fully saturated rings. The fourth-order valence-corrected chi connectivity index (χ4v) is 5.99. The highest BCUT2D eigenvalue weighted by Gasteiger charge is 2.20. The molecule has 45 heavy (non-hydrogen) atoms. The number of aromatic carboxylic acids is 1. The molecule has 6 aromatic rings. The Morgan fingerprint density at radius 3 is 2.62 bits per heavy atom. The maximum atomic E-state index is 13.7. The summed E-state index contributed by atoms with van der Waals surface area (Å²) in [4.78, 5) is 29.9. The highest BCUT2D eigenvalue weighted by molar-refractivity contribution is 9.13. The summed E-state index contributed by atoms with van der Waals surface area (Å²) in [5.41, 5.74) is 2.23. The van der Waals surface area contributed by atoms with Crippen LogP contribution in [-0.2, 0) is 6.61 Å². The van der Waals surface area contributed by atoms with Crippen LogP contribution in [0.2, 0.25) is 0 Å². The van der Waals surface area contributed by atoms with Crippen LogP contribution in [0.3, 0.4) is 0 Å². The zero-order valence-electron chi connectivity index (χ0n) is 23.5. The van der Waals surface area contributed by atoms with E-state index in [-0.39, 0.29) is 23.6 Å². The third-order valence-electron chi connectivity index (χ3n) is 6.78. The molecule has 226 valence electrons. The Hall–Kier alpha value is -4.26. The molecular formula is C33H22Br3N3O6. The van der Waals surface area contributed by atoms with Gasteiger partial charge in [0, 0.05) is 19.9 Å². The Kier molecular flexibility index (Phi) is 8.88. The molecule has 1 N–H and O–H groups in total. The number of nitrogens with zero attached hydrogens (tertiary/aromatic N) is 3. The average molecular weight is 796 g/mol. The lowest BCUT2D eigenvalue weighted by atomic mass is 10.1. The molecule has 6 rings (SSSR count). The van der Waals surface area contributed by atoms with Crippen molar-refractivity contribution in [3.63, 3.8) is 0 Å². The Morgan fingerprint density at radius 2 is 1.82 bits per heavy atom. The van der Waals surface area contributed by atoms with E-state index in [1.807, 2.05) is 37.3 Å². The molecule has 0 aliphatic carbocycles. The summed E-state index contributed by atoms with van der Waals surface area (Å²) in [5, 5.41) is 15.2. The molecule has 9 nitrogen and oxygen atoms in total. The Bertz CT molecular complexity index is 2190. The van der Waals surface area contributed by atoms with Gasteiger partial charge in [-0.25, -0.2) is 9.78 Å². The second-order valence-electron chi connectivity index (χ2n) is 9.76. The van der Waals surface area contributed by atoms with Gasteiger partial charge in [-0.3, -0.25) is 4.79 Å². The molecule has 0 amide bonds. The van der Waals surface area contributed by atoms with Crippen molar-refractivity contribution in [1.82, 2.24) is 9.66 Å². The summed E-state index contributed by atoms with van der Waals surface area (Å²) in [6.07, 6.45) is 1.53. The lowest BCUT2D eigenvalue weighted by Crippen LogP contribution is -2.20. The van der Waals surface area contributed by atoms with Crippen LogP contribution in [0.1, 0.15) is 28.4 Å². The fraction of sp³-hybridized carbons (Fsp3) is 0.0909. The zero-order chi connectivity index (χ0) is 31.7. The number of carboxylic acids is 1. The summed E-state index contributed by atoms with van der Waals surface area (Å²) in [5.74, 6) is 0.451. The van der Waals surface area contributed by atoms with Gasteiger partial charge in [-0.05, 0) is 98.9 Å². The normalized spacial score (nSPS) is 11.5. The van der Waals surface area contributed by atoms with Gasteiger partial charge < -0.3 is 19.0 Å². The molecule has 0 saturated carbocycles. The summed E-state index contributed by atoms with van der Waals surface area (Å²) in [6, 6.07) is 22.8. The maximum Gasteiger partial charge on any atom is 0.335 e. The quantitative estimate of drug-likeness (QED) is 0.146. The van der Waals surface area contributed by atoms with Crippen molar-refractivity contribution in [3.05, 3.63) is 119 Å². The van der Waals surface area contributed by atoms with Gasteiger partial charge in [0.2, 0.25) is 5.82 Å². The van der Waals surface area contributed by atoms with Gasteiger partial charge >= 0.3 is 5.97 Å². The van der Waals surface area contributed by atoms with Crippen LogP contribution < -0.4 is 15.0 Å². The highest BCUT2D eigenvalue weighted by Crippen LogP contribution is 2.43. The second kappa shape index (κ2) is 13.0. The summed E-state index contributed by atoms with van der Waals surface area (Å²) < 4.78 is 21.4. The molecule has 12 heteroatoms. The zero-order valence-corrected chi connectivity index (χ0v) is 28.2. The topological polar surface area (TPSA) is 116 Å². The Labute approximate surface area is 281 Å². The number of halogens is 3. The summed E-state index contributed by atoms with van der Waals surface area (Å²) >= 11 is 10.7. The maximum absolute atomic E-state index is 13.7. The van der Waals surface area contributed by atoms with Crippen molar-refractivity contribution in [2.75, 3.05) is 6.61 Å². The number of hydrogen-bond donors (Lipinski definition) is 1. The minimum Gasteiger partial charge on any atom is -0.490 e. The van der Waals surface area contributed by atoms with Crippen LogP contribution in [0.5, 0.6) is 11.5 Å². The van der Waals surface area contributed by atoms with E-state index in [1.165, 1.54) is 17.0 Å². The lowest BCUT2D eigenvalue weighted by Gasteiger charge is -2.16. The van der Waals surface area contributed by atoms with Gasteiger partial charge in [-0.2, -0.15) is 9.78 Å². The van der Waals surface area contributed by atoms with Gasteiger partial charge in [-0.15, -0.1) is 0 Å². The van der Waals surface area contributed by atoms with Crippen molar-refractivity contribution in [2.24, 2.45) is 5.10 Å². The minimum absolute atomic E-state index is 0.106. The molecule has 0 atom stereocenters. The number of rotatable bonds is 9. The van der Waals surface area contributed by atoms with Crippen molar-refractivity contribution in [2.45, 2.75) is 13.5 Å². The predicted octanol–water partition coefficient (Wildman–Crippen LogP) is 8.66. The summed E-state index contributed by atoms with van der Waals surface area (Å²) in [6.45, 7) is 2.31. The van der Waals surface area contributed by atoms with E-state index in [1.54, 1.807) is 42.5 Å². The fourth-order valence-electron chi connectivity index (χ4n) is 4.68. The van der Waals surface area contributed by atoms with Gasteiger partial charge in [0.25, 0.3) is 5.56 Å². The van der Waals surface area contributed by atoms with Crippen LogP contribution in [0.15, 0.2) is 107 Å². The number of furan rings is 1. The largest absolute Gasteiger partial charge is 0.490 e. The molecular weight excluding hydrogens is 774 g/mol. The van der Waals surface area contributed by atoms with Crippen LogP contribution >= 0.6 is 47.8 Å². The molecule has 0 unspecified atom stereocenters. The van der Waals surface area contributed by atoms with Crippen molar-refractivity contribution in [1.29, 1.82) is 0 Å². The molecule has 2 heterocycles. The Balaban J connectivity index is 1.41. The van der Waals surface area contributed by atoms with Gasteiger partial charge in [0.1, 0.15) is 12.2 Å². The number of benzene rings is 4. The standard InChI is InChI=1S/C33H22Br3N3O6/c1-2-43-26-15-21(28(35)29(36)30(26)44-17-18-6-5-7-19(12-18)33(41)42)16-37-39-31(38-24-9-4-3-8-23(24)32(39)40)27-14-20-13-22(34)10-11-25(20)45-27/h3-16H,2,17H2,1H3,(H,41,42). The molecule has 0 spiro atoms. The number of fused-ring (bicyclic) bond motifs is 2. The number of aromatic nitrogens is 2. The third kappa shape index (κ3) is 6.31. The van der Waals surface area contributed by atoms with E-state index in [2.05, 4.69) is 52.9 Å². The van der Waals surface area contributed by atoms with Crippen LogP contribution in [0, 0.1) is 0 Å². The first-order valence-electron chi connectivity index (χ1n) is 13.6. The minimum atomic E-state index is -1.02. The number of para-hydroxylation sites is 1. The first-order valence-corrected chi connectivity index (χ1v) is 16.0. The van der Waals surface area contributed by atoms with Gasteiger partial charge in [-0.1, -0.05) is 40.2 Å². The monoisotopic (exact) mass is 793 g/mol. The Morgan fingerprint density at radius 1 is 1.00 bits per heavy atom. The van der Waals surface area contributed by atoms with Crippen LogP contribution in [-0.4, -0.2) is 33.6 Å². The van der Waals surface area contributed by atoms with Crippen LogP contribution in [0.25, 0.3) is 33.5 Å². The second-order valence-corrected chi connectivity index (χ2v) is 12.3. The number of hydrogen-bond acceptors (Lipinski definition) is 7. The SMILES string of the molecule is CCOc1cc(C=Nn2c(-c3cc4cc(Br)ccc4o3)nc3ccccc3c2=O)c(Br)c(Br)c1OCc1cccc(C(=O)O)c1. The molecule has 0 aliphatic heterocycles. The number of ether oxygens (including phenoxy) is 2. The van der Waals surface area contributed by atoms with Crippen molar-refractivity contribution in [3.8, 4) is 23.1 Å². The molecule has 2 aromatic heterocycles. The predicted molar refractivity (Wildman–Crippen MR) is 183 cm³/mol. The van der Waals surface area contributed by atoms with Crippen LogP contribution in [0.4, 0.5) is 0 Å². The molecule has 4 aromatic carbocycles. The molecule has 0 radical (unpaired) electrons. The lowest BCUT2D eigenvalue weighted by molar-refractivity contribution is 0.0696. The van der Waals surface area contributed by atoms with Crippen molar-refractivity contribution >= 4 is 81.8 Å². The van der Waals surface area contributed by atoms with E-state index in [4.69, 9.17) is 18.9 Å². The molecule has 0 saturated heterocycles.